The molecule has 4 aromatic heterocycles. The van der Waals surface area contributed by atoms with E-state index < -0.39 is 0 Å². The molecular weight excluding hydrogens is 1220 g/mol. The Morgan fingerprint density at radius 3 is 0.804 bits per heavy atom. The van der Waals surface area contributed by atoms with Gasteiger partial charge in [-0.2, -0.15) is 39.9 Å². The highest BCUT2D eigenvalue weighted by Crippen LogP contribution is 2.33. The average Bonchev–Trinajstić information content (AvgIpc) is 1.54. The first kappa shape index (κ1) is 61.1. The van der Waals surface area contributed by atoms with E-state index in [4.69, 9.17) is 46.4 Å². The van der Waals surface area contributed by atoms with Gasteiger partial charge in [0.1, 0.15) is 0 Å². The van der Waals surface area contributed by atoms with Gasteiger partial charge in [-0.05, 0) is 91.6 Å². The number of fused-ring (bicyclic) bond motifs is 1. The van der Waals surface area contributed by atoms with Crippen molar-refractivity contribution in [2.45, 2.75) is 0 Å². The summed E-state index contributed by atoms with van der Waals surface area (Å²) in [5.41, 5.74) is 11.7. The highest BCUT2D eigenvalue weighted by atomic mass is 35.5. The fourth-order valence-corrected chi connectivity index (χ4v) is 10.3. The molecule has 0 saturated heterocycles. The molecule has 0 amide bonds. The first-order valence-corrected chi connectivity index (χ1v) is 30.5. The van der Waals surface area contributed by atoms with Crippen molar-refractivity contribution in [1.82, 2.24) is 59.8 Å². The number of aromatic nitrogens is 12. The van der Waals surface area contributed by atoms with E-state index in [1.165, 1.54) is 5.39 Å². The minimum atomic E-state index is 0.187. The second-order valence-corrected chi connectivity index (χ2v) is 21.6. The highest BCUT2D eigenvalue weighted by Gasteiger charge is 2.16. The van der Waals surface area contributed by atoms with E-state index in [0.717, 1.165) is 72.1 Å². The van der Waals surface area contributed by atoms with E-state index in [9.17, 15) is 0 Å². The van der Waals surface area contributed by atoms with Crippen LogP contribution in [0.2, 0.25) is 21.1 Å². The summed E-state index contributed by atoms with van der Waals surface area (Å²) < 4.78 is 0. The van der Waals surface area contributed by atoms with E-state index in [1.54, 1.807) is 0 Å². The molecule has 15 rings (SSSR count). The molecule has 0 spiro atoms. The molecule has 0 aliphatic carbocycles. The van der Waals surface area contributed by atoms with Crippen molar-refractivity contribution >= 4 is 57.2 Å². The van der Waals surface area contributed by atoms with E-state index in [1.807, 2.05) is 237 Å². The van der Waals surface area contributed by atoms with Gasteiger partial charge in [-0.25, -0.2) is 19.9 Å². The maximum absolute atomic E-state index is 6.19. The number of benzene rings is 11. The lowest BCUT2D eigenvalue weighted by Gasteiger charge is -2.10. The van der Waals surface area contributed by atoms with E-state index >= 15 is 0 Å². The largest absolute Gasteiger partial charge is 0.226 e. The van der Waals surface area contributed by atoms with Crippen LogP contribution in [0.5, 0.6) is 0 Å². The number of rotatable bonds is 10. The minimum absolute atomic E-state index is 0.187. The predicted molar refractivity (Wildman–Crippen MR) is 371 cm³/mol. The monoisotopic (exact) mass is 1270 g/mol. The van der Waals surface area contributed by atoms with Crippen LogP contribution < -0.4 is 0 Å². The normalized spacial score (nSPS) is 10.6. The maximum atomic E-state index is 6.19. The molecule has 0 aliphatic heterocycles. The van der Waals surface area contributed by atoms with Gasteiger partial charge in [0.15, 0.2) is 46.6 Å². The molecule has 12 nitrogen and oxygen atoms in total. The zero-order valence-corrected chi connectivity index (χ0v) is 51.8. The smallest absolute Gasteiger partial charge is 0.208 e. The second-order valence-electron chi connectivity index (χ2n) is 20.3. The Hall–Kier alpha value is -11.1. The zero-order chi connectivity index (χ0) is 62.9. The Labute approximate surface area is 551 Å². The third-order valence-electron chi connectivity index (χ3n) is 14.1. The van der Waals surface area contributed by atoms with Gasteiger partial charge in [0.05, 0.1) is 0 Å². The van der Waals surface area contributed by atoms with Gasteiger partial charge in [-0.15, -0.1) is 0 Å². The lowest BCUT2D eigenvalue weighted by molar-refractivity contribution is 1.07. The molecule has 16 heteroatoms. The summed E-state index contributed by atoms with van der Waals surface area (Å²) in [5.74, 6) is 4.59. The molecule has 0 bridgehead atoms. The molecule has 15 aromatic rings. The average molecular weight is 1270 g/mol. The second kappa shape index (κ2) is 29.9. The third kappa shape index (κ3) is 15.8. The van der Waals surface area contributed by atoms with Crippen molar-refractivity contribution < 1.29 is 0 Å². The summed E-state index contributed by atoms with van der Waals surface area (Å²) in [5, 5.41) is 3.10. The summed E-state index contributed by atoms with van der Waals surface area (Å²) in [6.45, 7) is 0. The molecule has 0 radical (unpaired) electrons. The lowest BCUT2D eigenvalue weighted by atomic mass is 9.99. The van der Waals surface area contributed by atoms with Crippen molar-refractivity contribution in [1.29, 1.82) is 0 Å². The molecule has 0 fully saturated rings. The van der Waals surface area contributed by atoms with Crippen LogP contribution in [0.25, 0.3) is 124 Å². The van der Waals surface area contributed by atoms with Crippen LogP contribution in [-0.4, -0.2) is 59.8 Å². The van der Waals surface area contributed by atoms with Gasteiger partial charge in [0.25, 0.3) is 0 Å². The van der Waals surface area contributed by atoms with Crippen LogP contribution >= 0.6 is 46.4 Å². The van der Waals surface area contributed by atoms with Crippen molar-refractivity contribution in [3.63, 3.8) is 0 Å². The van der Waals surface area contributed by atoms with Gasteiger partial charge in [-0.3, -0.25) is 0 Å². The van der Waals surface area contributed by atoms with Gasteiger partial charge < -0.3 is 0 Å². The van der Waals surface area contributed by atoms with Crippen LogP contribution in [-0.2, 0) is 0 Å². The van der Waals surface area contributed by atoms with Crippen LogP contribution in [0.3, 0.4) is 0 Å². The Morgan fingerprint density at radius 1 is 0.152 bits per heavy atom. The molecule has 0 saturated carbocycles. The molecule has 92 heavy (non-hydrogen) atoms. The summed E-state index contributed by atoms with van der Waals surface area (Å²) in [6.07, 6.45) is 0. The molecule has 442 valence electrons. The molecular formula is C76H50Cl4N12. The third-order valence-corrected chi connectivity index (χ3v) is 14.8. The molecule has 0 atom stereocenters. The van der Waals surface area contributed by atoms with E-state index in [2.05, 4.69) is 127 Å². The standard InChI is InChI=1S/2C21H14ClN3.C19H12ClN3.C15H10ClN3/c22-21-24-19(16-11-5-2-6-12-16)23-20(25-21)18-14-8-7-13-17(18)15-9-3-1-4-10-15;22-21-24-19(16-10-5-2-6-11-16)23-20(25-21)18-13-7-12-17(14-18)15-8-3-1-4-9-15;20-19-22-17(14-7-2-1-3-8-14)21-18(23-19)16-11-10-13-6-4-5-9-15(13)12-16;16-15-18-13(11-7-3-1-4-8-11)17-14(19-15)12-9-5-2-6-10-12/h2*1-14H;1-12H;1-10H. The number of hydrogen-bond donors (Lipinski definition) is 0. The Bertz CT molecular complexity index is 4860. The first-order chi connectivity index (χ1) is 45.2. The first-order valence-electron chi connectivity index (χ1n) is 29.0. The van der Waals surface area contributed by atoms with Crippen molar-refractivity contribution in [2.24, 2.45) is 0 Å². The summed E-state index contributed by atoms with van der Waals surface area (Å²) >= 11 is 24.4. The van der Waals surface area contributed by atoms with Gasteiger partial charge >= 0.3 is 0 Å². The van der Waals surface area contributed by atoms with E-state index in [-0.39, 0.29) is 21.1 Å². The SMILES string of the molecule is Clc1nc(-c2ccccc2)nc(-c2ccc3ccccc3c2)n1.Clc1nc(-c2ccccc2)nc(-c2cccc(-c3ccccc3)c2)n1.Clc1nc(-c2ccccc2)nc(-c2ccccc2)n1.Clc1nc(-c2ccccc2)nc(-c2ccccc2-c2ccccc2)n1. The van der Waals surface area contributed by atoms with Gasteiger partial charge in [0.2, 0.25) is 21.1 Å². The minimum Gasteiger partial charge on any atom is -0.208 e. The summed E-state index contributed by atoms with van der Waals surface area (Å²) in [4.78, 5) is 52.4. The van der Waals surface area contributed by atoms with Crippen molar-refractivity contribution in [3.05, 3.63) is 324 Å². The Kier molecular flexibility index (Phi) is 19.9. The predicted octanol–water partition coefficient (Wildman–Crippen LogP) is 19.9. The van der Waals surface area contributed by atoms with Crippen LogP contribution in [0.1, 0.15) is 0 Å². The highest BCUT2D eigenvalue weighted by molar-refractivity contribution is 6.29. The van der Waals surface area contributed by atoms with E-state index in [0.29, 0.717) is 46.6 Å². The summed E-state index contributed by atoms with van der Waals surface area (Å²) in [6, 6.07) is 99.6. The van der Waals surface area contributed by atoms with Crippen LogP contribution in [0.15, 0.2) is 303 Å². The fraction of sp³-hybridized carbons (Fsp3) is 0. The molecule has 11 aromatic carbocycles. The van der Waals surface area contributed by atoms with Crippen molar-refractivity contribution in [3.8, 4) is 113 Å². The number of hydrogen-bond acceptors (Lipinski definition) is 12. The van der Waals surface area contributed by atoms with Gasteiger partial charge in [0, 0.05) is 44.5 Å². The molecule has 0 aliphatic rings. The molecule has 0 N–H and O–H groups in total. The Balaban J connectivity index is 0.000000119. The van der Waals surface area contributed by atoms with Crippen LogP contribution in [0, 0.1) is 0 Å². The quantitative estimate of drug-likeness (QED) is 0.128. The summed E-state index contributed by atoms with van der Waals surface area (Å²) in [7, 11) is 0. The maximum Gasteiger partial charge on any atom is 0.226 e. The van der Waals surface area contributed by atoms with Crippen LogP contribution in [0.4, 0.5) is 0 Å². The Morgan fingerprint density at radius 2 is 0.413 bits per heavy atom. The fourth-order valence-electron chi connectivity index (χ4n) is 9.71. The molecule has 4 heterocycles. The zero-order valence-electron chi connectivity index (χ0n) is 48.7. The molecule has 0 unspecified atom stereocenters. The van der Waals surface area contributed by atoms with Crippen molar-refractivity contribution in [2.75, 3.05) is 0 Å². The lowest BCUT2D eigenvalue weighted by Crippen LogP contribution is -1.98. The van der Waals surface area contributed by atoms with Gasteiger partial charge in [-0.1, -0.05) is 291 Å². The topological polar surface area (TPSA) is 155 Å². The number of nitrogens with zero attached hydrogens (tertiary/aromatic N) is 12. The number of halogens is 4.